The number of amides is 1. The lowest BCUT2D eigenvalue weighted by Gasteiger charge is -2.31. The largest absolute Gasteiger partial charge is 0.355 e. The zero-order chi connectivity index (χ0) is 13.7. The lowest BCUT2D eigenvalue weighted by atomic mass is 9.96. The second kappa shape index (κ2) is 6.68. The standard InChI is InChI=1S/C12H17ClN4O2/c1-2-19-16-12(18)9-5-7-17(8-6-9)11-4-3-10(13)14-15-11/h3-4,9H,2,5-8H2,1H3,(H,16,18). The number of hydrogen-bond donors (Lipinski definition) is 1. The van der Waals surface area contributed by atoms with Crippen molar-refractivity contribution in [3.8, 4) is 0 Å². The van der Waals surface area contributed by atoms with E-state index in [1.165, 1.54) is 0 Å². The molecule has 0 radical (unpaired) electrons. The molecule has 1 aliphatic heterocycles. The molecule has 0 bridgehead atoms. The number of hydrogen-bond acceptors (Lipinski definition) is 5. The minimum atomic E-state index is -0.0382. The average Bonchev–Trinajstić information content (AvgIpc) is 2.46. The Kier molecular flexibility index (Phi) is 4.93. The molecular weight excluding hydrogens is 268 g/mol. The van der Waals surface area contributed by atoms with Gasteiger partial charge in [-0.3, -0.25) is 9.63 Å². The highest BCUT2D eigenvalue weighted by molar-refractivity contribution is 6.29. The van der Waals surface area contributed by atoms with E-state index in [1.54, 1.807) is 6.07 Å². The molecule has 19 heavy (non-hydrogen) atoms. The molecule has 1 aromatic heterocycles. The Labute approximate surface area is 117 Å². The SMILES string of the molecule is CCONC(=O)C1CCN(c2ccc(Cl)nn2)CC1. The number of piperidine rings is 1. The zero-order valence-corrected chi connectivity index (χ0v) is 11.6. The molecule has 0 aliphatic carbocycles. The summed E-state index contributed by atoms with van der Waals surface area (Å²) in [5, 5.41) is 8.25. The van der Waals surface area contributed by atoms with Gasteiger partial charge in [0.05, 0.1) is 6.61 Å². The number of carbonyl (C=O) groups is 1. The van der Waals surface area contributed by atoms with Crippen molar-refractivity contribution in [2.45, 2.75) is 19.8 Å². The van der Waals surface area contributed by atoms with Gasteiger partial charge >= 0.3 is 0 Å². The molecule has 1 aromatic rings. The third-order valence-electron chi connectivity index (χ3n) is 3.12. The van der Waals surface area contributed by atoms with Crippen LogP contribution in [-0.4, -0.2) is 35.8 Å². The number of carbonyl (C=O) groups excluding carboxylic acids is 1. The molecule has 104 valence electrons. The van der Waals surface area contributed by atoms with Crippen molar-refractivity contribution in [3.63, 3.8) is 0 Å². The van der Waals surface area contributed by atoms with Crippen LogP contribution in [0, 0.1) is 5.92 Å². The van der Waals surface area contributed by atoms with Crippen molar-refractivity contribution >= 4 is 23.3 Å². The molecule has 1 saturated heterocycles. The van der Waals surface area contributed by atoms with E-state index in [0.29, 0.717) is 11.8 Å². The van der Waals surface area contributed by atoms with E-state index in [0.717, 1.165) is 31.7 Å². The first kappa shape index (κ1) is 14.0. The third-order valence-corrected chi connectivity index (χ3v) is 3.33. The van der Waals surface area contributed by atoms with Crippen LogP contribution < -0.4 is 10.4 Å². The van der Waals surface area contributed by atoms with Gasteiger partial charge in [-0.05, 0) is 31.9 Å². The number of anilines is 1. The summed E-state index contributed by atoms with van der Waals surface area (Å²) in [6.07, 6.45) is 1.56. The maximum atomic E-state index is 11.7. The van der Waals surface area contributed by atoms with Gasteiger partial charge in [-0.25, -0.2) is 5.48 Å². The van der Waals surface area contributed by atoms with E-state index in [4.69, 9.17) is 16.4 Å². The first-order valence-corrected chi connectivity index (χ1v) is 6.74. The predicted octanol–water partition coefficient (Wildman–Crippen LogP) is 1.41. The van der Waals surface area contributed by atoms with E-state index in [9.17, 15) is 4.79 Å². The van der Waals surface area contributed by atoms with Crippen molar-refractivity contribution in [1.82, 2.24) is 15.7 Å². The van der Waals surface area contributed by atoms with Crippen molar-refractivity contribution in [2.75, 3.05) is 24.6 Å². The lowest BCUT2D eigenvalue weighted by Crippen LogP contribution is -2.40. The van der Waals surface area contributed by atoms with Gasteiger partial charge in [0.2, 0.25) is 5.91 Å². The maximum absolute atomic E-state index is 11.7. The molecule has 7 heteroatoms. The fraction of sp³-hybridized carbons (Fsp3) is 0.583. The van der Waals surface area contributed by atoms with Crippen molar-refractivity contribution < 1.29 is 9.63 Å². The molecule has 6 nitrogen and oxygen atoms in total. The fourth-order valence-electron chi connectivity index (χ4n) is 2.08. The second-order valence-corrected chi connectivity index (χ2v) is 4.76. The average molecular weight is 285 g/mol. The molecule has 0 saturated carbocycles. The van der Waals surface area contributed by atoms with Gasteiger partial charge in [0.25, 0.3) is 0 Å². The molecule has 1 fully saturated rings. The molecule has 0 spiro atoms. The molecule has 0 unspecified atom stereocenters. The van der Waals surface area contributed by atoms with Gasteiger partial charge in [-0.1, -0.05) is 11.6 Å². The number of halogens is 1. The molecule has 2 heterocycles. The first-order chi connectivity index (χ1) is 9.20. The molecule has 1 amide bonds. The second-order valence-electron chi connectivity index (χ2n) is 4.37. The first-order valence-electron chi connectivity index (χ1n) is 6.36. The zero-order valence-electron chi connectivity index (χ0n) is 10.8. The topological polar surface area (TPSA) is 67.3 Å². The Morgan fingerprint density at radius 2 is 2.21 bits per heavy atom. The minimum absolute atomic E-state index is 0.00283. The predicted molar refractivity (Wildman–Crippen MR) is 71.7 cm³/mol. The summed E-state index contributed by atoms with van der Waals surface area (Å²) >= 11 is 5.70. The summed E-state index contributed by atoms with van der Waals surface area (Å²) in [5.41, 5.74) is 2.46. The minimum Gasteiger partial charge on any atom is -0.355 e. The molecule has 0 atom stereocenters. The van der Waals surface area contributed by atoms with Gasteiger partial charge in [-0.15, -0.1) is 10.2 Å². The highest BCUT2D eigenvalue weighted by atomic mass is 35.5. The maximum Gasteiger partial charge on any atom is 0.246 e. The Morgan fingerprint density at radius 3 is 2.79 bits per heavy atom. The van der Waals surface area contributed by atoms with Crippen LogP contribution in [0.15, 0.2) is 12.1 Å². The van der Waals surface area contributed by atoms with Gasteiger partial charge in [-0.2, -0.15) is 0 Å². The van der Waals surface area contributed by atoms with E-state index in [-0.39, 0.29) is 11.8 Å². The van der Waals surface area contributed by atoms with Crippen molar-refractivity contribution in [2.24, 2.45) is 5.92 Å². The fourth-order valence-corrected chi connectivity index (χ4v) is 2.18. The van der Waals surface area contributed by atoms with E-state index in [1.807, 2.05) is 13.0 Å². The molecular formula is C12H17ClN4O2. The molecule has 0 aromatic carbocycles. The summed E-state index contributed by atoms with van der Waals surface area (Å²) in [6.45, 7) is 3.87. The van der Waals surface area contributed by atoms with Crippen LogP contribution in [0.2, 0.25) is 5.15 Å². The quantitative estimate of drug-likeness (QED) is 0.847. The number of nitrogens with zero attached hydrogens (tertiary/aromatic N) is 3. The van der Waals surface area contributed by atoms with Crippen LogP contribution >= 0.6 is 11.6 Å². The normalized spacial score (nSPS) is 16.4. The van der Waals surface area contributed by atoms with Gasteiger partial charge in [0, 0.05) is 19.0 Å². The van der Waals surface area contributed by atoms with Crippen LogP contribution in [0.5, 0.6) is 0 Å². The highest BCUT2D eigenvalue weighted by Crippen LogP contribution is 2.22. The van der Waals surface area contributed by atoms with Crippen LogP contribution in [-0.2, 0) is 9.63 Å². The summed E-state index contributed by atoms with van der Waals surface area (Å²) in [5.74, 6) is 0.764. The summed E-state index contributed by atoms with van der Waals surface area (Å²) in [4.78, 5) is 18.8. The van der Waals surface area contributed by atoms with E-state index >= 15 is 0 Å². The van der Waals surface area contributed by atoms with E-state index < -0.39 is 0 Å². The van der Waals surface area contributed by atoms with Crippen LogP contribution in [0.3, 0.4) is 0 Å². The summed E-state index contributed by atoms with van der Waals surface area (Å²) in [6, 6.07) is 3.56. The number of hydroxylamine groups is 1. The monoisotopic (exact) mass is 284 g/mol. The molecule has 2 rings (SSSR count). The smallest absolute Gasteiger partial charge is 0.246 e. The molecule has 1 N–H and O–H groups in total. The molecule has 1 aliphatic rings. The van der Waals surface area contributed by atoms with Crippen LogP contribution in [0.4, 0.5) is 5.82 Å². The third kappa shape index (κ3) is 3.78. The number of nitrogens with one attached hydrogen (secondary N) is 1. The summed E-state index contributed by atoms with van der Waals surface area (Å²) in [7, 11) is 0. The lowest BCUT2D eigenvalue weighted by molar-refractivity contribution is -0.138. The van der Waals surface area contributed by atoms with Crippen molar-refractivity contribution in [1.29, 1.82) is 0 Å². The number of aromatic nitrogens is 2. The van der Waals surface area contributed by atoms with Crippen LogP contribution in [0.25, 0.3) is 0 Å². The Balaban J connectivity index is 1.85. The van der Waals surface area contributed by atoms with Gasteiger partial charge in [0.15, 0.2) is 11.0 Å². The summed E-state index contributed by atoms with van der Waals surface area (Å²) < 4.78 is 0. The Bertz CT molecular complexity index is 418. The Morgan fingerprint density at radius 1 is 1.47 bits per heavy atom. The Hall–Kier alpha value is -1.40. The highest BCUT2D eigenvalue weighted by Gasteiger charge is 2.25. The van der Waals surface area contributed by atoms with Gasteiger partial charge < -0.3 is 4.90 Å². The van der Waals surface area contributed by atoms with Crippen LogP contribution in [0.1, 0.15) is 19.8 Å². The van der Waals surface area contributed by atoms with E-state index in [2.05, 4.69) is 20.6 Å². The van der Waals surface area contributed by atoms with Gasteiger partial charge in [0.1, 0.15) is 0 Å². The van der Waals surface area contributed by atoms with Crippen molar-refractivity contribution in [3.05, 3.63) is 17.3 Å². The number of rotatable bonds is 4.